The van der Waals surface area contributed by atoms with Gasteiger partial charge in [0.25, 0.3) is 0 Å². The molecule has 3 nitrogen and oxygen atoms in total. The van der Waals surface area contributed by atoms with Crippen molar-refractivity contribution in [1.29, 1.82) is 0 Å². The molecule has 43 heavy (non-hydrogen) atoms. The summed E-state index contributed by atoms with van der Waals surface area (Å²) in [5.41, 5.74) is 9.58. The van der Waals surface area contributed by atoms with Crippen molar-refractivity contribution in [2.75, 3.05) is 4.90 Å². The number of hydrogen-bond donors (Lipinski definition) is 0. The molecule has 0 saturated heterocycles. The van der Waals surface area contributed by atoms with E-state index in [1.807, 2.05) is 0 Å². The summed E-state index contributed by atoms with van der Waals surface area (Å²) < 4.78 is 2.47. The predicted molar refractivity (Wildman–Crippen MR) is 180 cm³/mol. The summed E-state index contributed by atoms with van der Waals surface area (Å²) in [6.07, 6.45) is 0. The van der Waals surface area contributed by atoms with Gasteiger partial charge in [0.1, 0.15) is 5.82 Å². The second kappa shape index (κ2) is 8.80. The zero-order valence-electron chi connectivity index (χ0n) is 24.1. The molecule has 0 bridgehead atoms. The summed E-state index contributed by atoms with van der Waals surface area (Å²) in [6, 6.07) is 50.4. The van der Waals surface area contributed by atoms with E-state index in [0.29, 0.717) is 0 Å². The second-order valence-corrected chi connectivity index (χ2v) is 12.1. The molecule has 1 aliphatic heterocycles. The first kappa shape index (κ1) is 24.2. The molecule has 8 aromatic rings. The number of fused-ring (bicyclic) bond motifs is 7. The number of hydrogen-bond acceptors (Lipinski definition) is 2. The van der Waals surface area contributed by atoms with Crippen LogP contribution in [0.4, 0.5) is 17.2 Å². The molecule has 0 unspecified atom stereocenters. The third kappa shape index (κ3) is 3.45. The zero-order valence-corrected chi connectivity index (χ0v) is 24.1. The van der Waals surface area contributed by atoms with E-state index >= 15 is 0 Å². The third-order valence-corrected chi connectivity index (χ3v) is 9.32. The topological polar surface area (TPSA) is 21.1 Å². The summed E-state index contributed by atoms with van der Waals surface area (Å²) in [5, 5.41) is 6.09. The smallest absolute Gasteiger partial charge is 0.138 e. The van der Waals surface area contributed by atoms with Crippen molar-refractivity contribution in [3.63, 3.8) is 0 Å². The number of nitrogens with zero attached hydrogens (tertiary/aromatic N) is 3. The van der Waals surface area contributed by atoms with Gasteiger partial charge in [-0.25, -0.2) is 4.98 Å². The zero-order chi connectivity index (χ0) is 28.7. The van der Waals surface area contributed by atoms with E-state index in [-0.39, 0.29) is 5.41 Å². The highest BCUT2D eigenvalue weighted by molar-refractivity contribution is 6.13. The Morgan fingerprint density at radius 3 is 2.16 bits per heavy atom. The largest absolute Gasteiger partial charge is 0.309 e. The van der Waals surface area contributed by atoms with Gasteiger partial charge in [0, 0.05) is 32.9 Å². The average molecular weight is 552 g/mol. The highest BCUT2D eigenvalue weighted by Gasteiger charge is 2.34. The molecular weight excluding hydrogens is 522 g/mol. The van der Waals surface area contributed by atoms with Gasteiger partial charge in [-0.05, 0) is 76.5 Å². The monoisotopic (exact) mass is 551 g/mol. The first-order chi connectivity index (χ1) is 21.1. The maximum atomic E-state index is 5.17. The molecule has 204 valence electrons. The Morgan fingerprint density at radius 1 is 0.558 bits per heavy atom. The fourth-order valence-electron chi connectivity index (χ4n) is 7.20. The van der Waals surface area contributed by atoms with Crippen LogP contribution in [0.15, 0.2) is 140 Å². The first-order valence-corrected chi connectivity index (χ1v) is 14.9. The van der Waals surface area contributed by atoms with Crippen LogP contribution in [0.5, 0.6) is 0 Å². The second-order valence-electron chi connectivity index (χ2n) is 12.1. The lowest BCUT2D eigenvalue weighted by Crippen LogP contribution is -2.26. The highest BCUT2D eigenvalue weighted by Crippen LogP contribution is 2.48. The van der Waals surface area contributed by atoms with Crippen molar-refractivity contribution in [1.82, 2.24) is 9.55 Å². The first-order valence-electron chi connectivity index (χ1n) is 14.9. The lowest BCUT2D eigenvalue weighted by molar-refractivity contribution is 0.630. The molecule has 3 heteroatoms. The number of benzene rings is 6. The van der Waals surface area contributed by atoms with Crippen molar-refractivity contribution < 1.29 is 0 Å². The average Bonchev–Trinajstić information content (AvgIpc) is 3.38. The van der Waals surface area contributed by atoms with Gasteiger partial charge in [-0.1, -0.05) is 98.8 Å². The number of anilines is 3. The molecule has 1 aliphatic rings. The molecule has 0 spiro atoms. The van der Waals surface area contributed by atoms with Gasteiger partial charge in [0.05, 0.1) is 22.2 Å². The van der Waals surface area contributed by atoms with E-state index in [4.69, 9.17) is 4.98 Å². The van der Waals surface area contributed by atoms with Gasteiger partial charge in [-0.15, -0.1) is 0 Å². The van der Waals surface area contributed by atoms with Crippen LogP contribution >= 0.6 is 0 Å². The van der Waals surface area contributed by atoms with E-state index in [1.165, 1.54) is 49.4 Å². The number of rotatable bonds is 3. The van der Waals surface area contributed by atoms with Crippen LogP contribution in [-0.4, -0.2) is 9.55 Å². The molecule has 2 aromatic heterocycles. The standard InChI is InChI=1S/C40H29N3/c1-40(2)33-14-6-8-17-37(33)43-36-22-21-30(25-32(36)31-13-9-15-34(40)39(31)43)42(29-20-18-26-10-3-4-12-28(26)24-29)38-23-19-27-11-5-7-16-35(27)41-38/h3-25H,1-2H3. The van der Waals surface area contributed by atoms with Crippen LogP contribution in [0.1, 0.15) is 25.0 Å². The minimum Gasteiger partial charge on any atom is -0.309 e. The summed E-state index contributed by atoms with van der Waals surface area (Å²) in [6.45, 7) is 4.69. The number of pyridine rings is 1. The van der Waals surface area contributed by atoms with Gasteiger partial charge >= 0.3 is 0 Å². The maximum Gasteiger partial charge on any atom is 0.138 e. The van der Waals surface area contributed by atoms with E-state index in [0.717, 1.165) is 28.1 Å². The molecule has 0 aliphatic carbocycles. The van der Waals surface area contributed by atoms with Crippen LogP contribution in [0.3, 0.4) is 0 Å². The van der Waals surface area contributed by atoms with Crippen LogP contribution in [0.25, 0.3) is 49.2 Å². The highest BCUT2D eigenvalue weighted by atomic mass is 15.2. The quantitative estimate of drug-likeness (QED) is 0.218. The normalized spacial score (nSPS) is 13.5. The minimum atomic E-state index is -0.0878. The van der Waals surface area contributed by atoms with Crippen LogP contribution in [0.2, 0.25) is 0 Å². The molecular formula is C40H29N3. The van der Waals surface area contributed by atoms with Crippen molar-refractivity contribution in [3.8, 4) is 5.69 Å². The minimum absolute atomic E-state index is 0.0878. The van der Waals surface area contributed by atoms with E-state index in [9.17, 15) is 0 Å². The molecule has 0 radical (unpaired) electrons. The van der Waals surface area contributed by atoms with Crippen LogP contribution in [-0.2, 0) is 5.41 Å². The summed E-state index contributed by atoms with van der Waals surface area (Å²) in [4.78, 5) is 7.46. The maximum absolute atomic E-state index is 5.17. The molecule has 3 heterocycles. The molecule has 0 N–H and O–H groups in total. The van der Waals surface area contributed by atoms with Gasteiger partial charge in [-0.3, -0.25) is 4.90 Å². The Balaban J connectivity index is 1.33. The van der Waals surface area contributed by atoms with Gasteiger partial charge in [0.2, 0.25) is 0 Å². The molecule has 0 saturated carbocycles. The van der Waals surface area contributed by atoms with E-state index < -0.39 is 0 Å². The van der Waals surface area contributed by atoms with Crippen molar-refractivity contribution in [2.45, 2.75) is 19.3 Å². The molecule has 9 rings (SSSR count). The summed E-state index contributed by atoms with van der Waals surface area (Å²) in [5.74, 6) is 0.897. The summed E-state index contributed by atoms with van der Waals surface area (Å²) >= 11 is 0. The fraction of sp³-hybridized carbons (Fsp3) is 0.0750. The number of aromatic nitrogens is 2. The van der Waals surface area contributed by atoms with Crippen LogP contribution in [0, 0.1) is 0 Å². The van der Waals surface area contributed by atoms with Gasteiger partial charge in [-0.2, -0.15) is 0 Å². The molecule has 6 aromatic carbocycles. The Labute approximate surface area is 250 Å². The summed E-state index contributed by atoms with van der Waals surface area (Å²) in [7, 11) is 0. The Bertz CT molecular complexity index is 2320. The Hall–Kier alpha value is -5.41. The van der Waals surface area contributed by atoms with Crippen molar-refractivity contribution >= 4 is 60.7 Å². The van der Waals surface area contributed by atoms with Crippen molar-refractivity contribution in [2.24, 2.45) is 0 Å². The van der Waals surface area contributed by atoms with Gasteiger partial charge in [0.15, 0.2) is 0 Å². The van der Waals surface area contributed by atoms with Gasteiger partial charge < -0.3 is 4.57 Å². The lowest BCUT2D eigenvalue weighted by Gasteiger charge is -2.34. The Kier molecular flexibility index (Phi) is 4.95. The third-order valence-electron chi connectivity index (χ3n) is 9.32. The lowest BCUT2D eigenvalue weighted by atomic mass is 9.75. The van der Waals surface area contributed by atoms with Crippen molar-refractivity contribution in [3.05, 3.63) is 151 Å². The van der Waals surface area contributed by atoms with E-state index in [2.05, 4.69) is 163 Å². The SMILES string of the molecule is CC1(C)c2ccccc2-n2c3ccc(N(c4ccc5ccccc5c4)c4ccc5ccccc5n4)cc3c3cccc1c32. The predicted octanol–water partition coefficient (Wildman–Crippen LogP) is 10.6. The van der Waals surface area contributed by atoms with E-state index in [1.54, 1.807) is 0 Å². The molecule has 0 amide bonds. The fourth-order valence-corrected chi connectivity index (χ4v) is 7.20. The Morgan fingerprint density at radius 2 is 1.26 bits per heavy atom. The van der Waals surface area contributed by atoms with Crippen LogP contribution < -0.4 is 4.90 Å². The number of para-hydroxylation sites is 3. The molecule has 0 fully saturated rings. The molecule has 0 atom stereocenters.